The molecule has 6 nitrogen and oxygen atoms in total. The van der Waals surface area contributed by atoms with Gasteiger partial charge < -0.3 is 14.7 Å². The van der Waals surface area contributed by atoms with Gasteiger partial charge in [-0.25, -0.2) is 4.57 Å². The Morgan fingerprint density at radius 1 is 0.950 bits per heavy atom. The van der Waals surface area contributed by atoms with Crippen LogP contribution in [0, 0.1) is 6.92 Å². The molecule has 20 heavy (non-hydrogen) atoms. The van der Waals surface area contributed by atoms with Crippen LogP contribution in [0.1, 0.15) is 5.56 Å². The molecule has 0 fully saturated rings. The Morgan fingerprint density at radius 3 is 1.90 bits per heavy atom. The van der Waals surface area contributed by atoms with Crippen molar-refractivity contribution in [2.24, 2.45) is 0 Å². The van der Waals surface area contributed by atoms with Crippen LogP contribution in [0.25, 0.3) is 0 Å². The van der Waals surface area contributed by atoms with E-state index in [-0.39, 0.29) is 17.2 Å². The zero-order chi connectivity index (χ0) is 15.2. The van der Waals surface area contributed by atoms with Gasteiger partial charge in [0.1, 0.15) is 17.2 Å². The van der Waals surface area contributed by atoms with Crippen molar-refractivity contribution in [3.63, 3.8) is 0 Å². The second-order valence-electron chi connectivity index (χ2n) is 3.87. The highest BCUT2D eigenvalue weighted by molar-refractivity contribution is 7.46. The van der Waals surface area contributed by atoms with Crippen LogP contribution in [0.3, 0.4) is 0 Å². The molecule has 0 radical (unpaired) electrons. The minimum Gasteiger partial charge on any atom is -0.508 e. The predicted octanol–water partition coefficient (Wildman–Crippen LogP) is 2.56. The first-order valence-electron chi connectivity index (χ1n) is 5.57. The number of aryl methyl sites for hydroxylation is 1. The van der Waals surface area contributed by atoms with Gasteiger partial charge in [0.25, 0.3) is 0 Å². The predicted molar refractivity (Wildman–Crippen MR) is 73.6 cm³/mol. The topological polar surface area (TPSA) is 107 Å². The summed E-state index contributed by atoms with van der Waals surface area (Å²) in [5.74, 6) is 0.390. The second kappa shape index (κ2) is 6.96. The van der Waals surface area contributed by atoms with E-state index in [2.05, 4.69) is 4.52 Å². The van der Waals surface area contributed by atoms with E-state index in [4.69, 9.17) is 20.0 Å². The maximum absolute atomic E-state index is 10.4. The van der Waals surface area contributed by atoms with Crippen molar-refractivity contribution < 1.29 is 29.1 Å². The molecule has 4 N–H and O–H groups in total. The second-order valence-corrected chi connectivity index (χ2v) is 5.03. The normalized spacial score (nSPS) is 10.3. The van der Waals surface area contributed by atoms with E-state index < -0.39 is 7.82 Å². The molecule has 2 aromatic carbocycles. The van der Waals surface area contributed by atoms with Gasteiger partial charge in [-0.1, -0.05) is 24.3 Å². The summed E-state index contributed by atoms with van der Waals surface area (Å²) in [5.41, 5.74) is 0.695. The minimum atomic E-state index is -4.41. The van der Waals surface area contributed by atoms with Gasteiger partial charge in [-0.3, -0.25) is 9.79 Å². The third-order valence-electron chi connectivity index (χ3n) is 2.14. The summed E-state index contributed by atoms with van der Waals surface area (Å²) >= 11 is 0. The molecule has 0 bridgehead atoms. The van der Waals surface area contributed by atoms with Crippen LogP contribution in [-0.4, -0.2) is 20.0 Å². The average Bonchev–Trinajstić information content (AvgIpc) is 2.31. The number of phenols is 2. The van der Waals surface area contributed by atoms with E-state index >= 15 is 0 Å². The number of benzene rings is 2. The van der Waals surface area contributed by atoms with Gasteiger partial charge in [0.2, 0.25) is 0 Å². The van der Waals surface area contributed by atoms with Crippen LogP contribution in [0.15, 0.2) is 48.5 Å². The van der Waals surface area contributed by atoms with Crippen molar-refractivity contribution in [2.45, 2.75) is 6.92 Å². The molecular weight excluding hydrogens is 283 g/mol. The van der Waals surface area contributed by atoms with Gasteiger partial charge in [-0.15, -0.1) is 0 Å². The number of hydrogen-bond donors (Lipinski definition) is 4. The molecule has 0 saturated carbocycles. The number of phenolic OH excluding ortho intramolecular Hbond substituents is 2. The van der Waals surface area contributed by atoms with Gasteiger partial charge in [0, 0.05) is 6.07 Å². The van der Waals surface area contributed by atoms with Gasteiger partial charge >= 0.3 is 7.82 Å². The highest BCUT2D eigenvalue weighted by atomic mass is 31.2. The van der Waals surface area contributed by atoms with Gasteiger partial charge in [-0.2, -0.15) is 0 Å². The summed E-state index contributed by atoms with van der Waals surface area (Å²) in [6, 6.07) is 12.5. The van der Waals surface area contributed by atoms with Crippen LogP contribution in [0.4, 0.5) is 0 Å². The molecule has 0 aliphatic heterocycles. The molecule has 0 amide bonds. The monoisotopic (exact) mass is 298 g/mol. The summed E-state index contributed by atoms with van der Waals surface area (Å²) in [6.45, 7) is 1.71. The lowest BCUT2D eigenvalue weighted by Gasteiger charge is -2.08. The molecule has 7 heteroatoms. The number of hydrogen-bond acceptors (Lipinski definition) is 4. The number of phosphoric acid groups is 1. The third-order valence-corrected chi connectivity index (χ3v) is 2.58. The molecule has 0 aromatic heterocycles. The fourth-order valence-corrected chi connectivity index (χ4v) is 1.74. The quantitative estimate of drug-likeness (QED) is 0.635. The first kappa shape index (κ1) is 16.0. The van der Waals surface area contributed by atoms with E-state index in [0.717, 1.165) is 0 Å². The lowest BCUT2D eigenvalue weighted by Crippen LogP contribution is -1.91. The number of aromatic hydroxyl groups is 2. The molecule has 0 aliphatic carbocycles. The Balaban J connectivity index is 0.000000217. The average molecular weight is 298 g/mol. The lowest BCUT2D eigenvalue weighted by atomic mass is 10.2. The highest BCUT2D eigenvalue weighted by Gasteiger charge is 2.16. The largest absolute Gasteiger partial charge is 0.524 e. The Morgan fingerprint density at radius 2 is 1.50 bits per heavy atom. The van der Waals surface area contributed by atoms with Crippen LogP contribution in [-0.2, 0) is 4.57 Å². The molecule has 0 unspecified atom stereocenters. The highest BCUT2D eigenvalue weighted by Crippen LogP contribution is 2.38. The van der Waals surface area contributed by atoms with E-state index in [1.54, 1.807) is 31.2 Å². The van der Waals surface area contributed by atoms with Crippen molar-refractivity contribution in [3.05, 3.63) is 54.1 Å². The van der Waals surface area contributed by atoms with Crippen LogP contribution in [0.2, 0.25) is 0 Å². The summed E-state index contributed by atoms with van der Waals surface area (Å²) in [7, 11) is -4.41. The van der Waals surface area contributed by atoms with Crippen molar-refractivity contribution in [3.8, 4) is 17.2 Å². The summed E-state index contributed by atoms with van der Waals surface area (Å²) in [4.78, 5) is 17.0. The van der Waals surface area contributed by atoms with Crippen molar-refractivity contribution in [1.29, 1.82) is 0 Å². The van der Waals surface area contributed by atoms with Gasteiger partial charge in [-0.05, 0) is 30.7 Å². The lowest BCUT2D eigenvalue weighted by molar-refractivity contribution is 0.282. The molecular formula is C13H15O6P. The van der Waals surface area contributed by atoms with Crippen LogP contribution >= 0.6 is 7.82 Å². The Hall–Kier alpha value is -2.01. The molecule has 0 spiro atoms. The summed E-state index contributed by atoms with van der Waals surface area (Å²) in [6.07, 6.45) is 0. The molecule has 0 saturated heterocycles. The minimum absolute atomic E-state index is 0.0880. The zero-order valence-electron chi connectivity index (χ0n) is 10.7. The van der Waals surface area contributed by atoms with E-state index in [9.17, 15) is 4.57 Å². The Bertz CT molecular complexity index is 590. The molecule has 2 aromatic rings. The summed E-state index contributed by atoms with van der Waals surface area (Å²) < 4.78 is 14.8. The first-order chi connectivity index (χ1) is 9.28. The smallest absolute Gasteiger partial charge is 0.508 e. The van der Waals surface area contributed by atoms with Gasteiger partial charge in [0.15, 0.2) is 0 Å². The fourth-order valence-electron chi connectivity index (χ4n) is 1.28. The fraction of sp³-hybridized carbons (Fsp3) is 0.0769. The molecule has 2 rings (SSSR count). The maximum Gasteiger partial charge on any atom is 0.524 e. The number of phosphoric ester groups is 1. The molecule has 108 valence electrons. The van der Waals surface area contributed by atoms with Crippen LogP contribution in [0.5, 0.6) is 17.2 Å². The first-order valence-corrected chi connectivity index (χ1v) is 7.10. The van der Waals surface area contributed by atoms with Gasteiger partial charge in [0.05, 0.1) is 0 Å². The third kappa shape index (κ3) is 6.24. The Kier molecular flexibility index (Phi) is 5.58. The maximum atomic E-state index is 10.4. The van der Waals surface area contributed by atoms with Crippen LogP contribution < -0.4 is 4.52 Å². The van der Waals surface area contributed by atoms with Crippen molar-refractivity contribution >= 4 is 7.82 Å². The summed E-state index contributed by atoms with van der Waals surface area (Å²) in [5, 5.41) is 17.3. The SMILES string of the molecule is Cc1ccccc1OP(=O)(O)O.Oc1cccc(O)c1. The molecule has 0 aliphatic rings. The number of rotatable bonds is 2. The zero-order valence-corrected chi connectivity index (χ0v) is 11.6. The standard InChI is InChI=1S/C7H9O4P.C6H6O2/c1-6-4-2-3-5-7(6)11-12(8,9)10;7-5-2-1-3-6(8)4-5/h2-5H,1H3,(H2,8,9,10);1-4,7-8H. The molecule has 0 atom stereocenters. The van der Waals surface area contributed by atoms with E-state index in [1.165, 1.54) is 24.3 Å². The number of para-hydroxylation sites is 1. The molecule has 0 heterocycles. The van der Waals surface area contributed by atoms with E-state index in [0.29, 0.717) is 5.56 Å². The van der Waals surface area contributed by atoms with E-state index in [1.807, 2.05) is 0 Å². The van der Waals surface area contributed by atoms with Crippen molar-refractivity contribution in [1.82, 2.24) is 0 Å². The Labute approximate surface area is 116 Å². The van der Waals surface area contributed by atoms with Crippen molar-refractivity contribution in [2.75, 3.05) is 0 Å².